The molecule has 1 rings (SSSR count). The molecule has 0 aliphatic carbocycles. The number of aliphatic hydroxyl groups is 5. The van der Waals surface area contributed by atoms with Crippen LogP contribution in [0.3, 0.4) is 0 Å². The summed E-state index contributed by atoms with van der Waals surface area (Å²) in [7, 11) is 0. The molecule has 1 aliphatic rings. The lowest BCUT2D eigenvalue weighted by molar-refractivity contribution is -0.302. The number of carbonyl (C=O) groups is 1. The fourth-order valence-corrected chi connectivity index (χ4v) is 7.69. The van der Waals surface area contributed by atoms with E-state index in [1.165, 1.54) is 122 Å². The number of aliphatic hydroxyl groups excluding tert-OH is 5. The topological polar surface area (TPSA) is 149 Å². The van der Waals surface area contributed by atoms with Gasteiger partial charge in [-0.2, -0.15) is 0 Å². The van der Waals surface area contributed by atoms with Crippen molar-refractivity contribution in [3.05, 3.63) is 72.9 Å². The average Bonchev–Trinajstić information content (AvgIpc) is 3.28. The average molecular weight is 886 g/mol. The molecule has 1 saturated heterocycles. The molecule has 364 valence electrons. The summed E-state index contributed by atoms with van der Waals surface area (Å²) in [4.78, 5) is 12.9. The molecule has 0 bridgehead atoms. The van der Waals surface area contributed by atoms with Gasteiger partial charge in [0.2, 0.25) is 5.91 Å². The van der Waals surface area contributed by atoms with E-state index in [0.717, 1.165) is 64.2 Å². The second-order valence-corrected chi connectivity index (χ2v) is 17.6. The summed E-state index contributed by atoms with van der Waals surface area (Å²) in [6.07, 6.45) is 52.7. The molecule has 1 fully saturated rings. The van der Waals surface area contributed by atoms with Gasteiger partial charge in [0.25, 0.3) is 0 Å². The highest BCUT2D eigenvalue weighted by Crippen LogP contribution is 2.23. The van der Waals surface area contributed by atoms with E-state index in [0.29, 0.717) is 6.42 Å². The van der Waals surface area contributed by atoms with E-state index in [9.17, 15) is 30.3 Å². The van der Waals surface area contributed by atoms with E-state index >= 15 is 0 Å². The SMILES string of the molecule is CC/C=C\C/C=C\C/C=C\C/C=C\CCCCCCCCCCCCCCCCCCCCC(=O)NC(COC1OC(CO)C(O)C(O)C1O)C(O)/C=C/CC/C=C/CCCCC. The fraction of sp³-hybridized carbons (Fsp3) is 0.759. The highest BCUT2D eigenvalue weighted by atomic mass is 16.7. The van der Waals surface area contributed by atoms with Gasteiger partial charge in [-0.25, -0.2) is 0 Å². The van der Waals surface area contributed by atoms with Crippen LogP contribution < -0.4 is 5.32 Å². The standard InChI is InChI=1S/C54H95NO8/c1-3-5-7-9-11-13-14-15-16-17-18-19-20-21-22-23-24-25-26-27-28-29-30-31-32-33-34-36-38-40-42-44-50(58)55-47(48(57)43-41-39-37-35-12-10-8-6-4-2)46-62-54-53(61)52(60)51(59)49(45-56)63-54/h5,7,11-13,15-16,18-19,35,41,43,47-49,51-54,56-57,59-61H,3-4,6,8-10,14,17,20-34,36-40,42,44-46H2,1-2H3,(H,55,58)/b7-5-,13-11-,16-15-,19-18-,35-12+,43-41+. The van der Waals surface area contributed by atoms with Gasteiger partial charge in [-0.3, -0.25) is 4.79 Å². The number of rotatable bonds is 42. The predicted octanol–water partition coefficient (Wildman–Crippen LogP) is 11.7. The second-order valence-electron chi connectivity index (χ2n) is 17.6. The molecular weight excluding hydrogens is 791 g/mol. The first-order valence-corrected chi connectivity index (χ1v) is 25.7. The van der Waals surface area contributed by atoms with Crippen LogP contribution in [0.15, 0.2) is 72.9 Å². The number of nitrogens with one attached hydrogen (secondary N) is 1. The smallest absolute Gasteiger partial charge is 0.220 e. The maximum atomic E-state index is 12.9. The summed E-state index contributed by atoms with van der Waals surface area (Å²) >= 11 is 0. The van der Waals surface area contributed by atoms with Gasteiger partial charge in [0.1, 0.15) is 24.4 Å². The Hall–Kier alpha value is -2.37. The molecule has 0 spiro atoms. The van der Waals surface area contributed by atoms with Crippen molar-refractivity contribution in [1.82, 2.24) is 5.32 Å². The summed E-state index contributed by atoms with van der Waals surface area (Å²) in [5.74, 6) is -0.191. The molecule has 0 aromatic heterocycles. The molecule has 7 unspecified atom stereocenters. The number of allylic oxidation sites excluding steroid dienone is 11. The van der Waals surface area contributed by atoms with Gasteiger partial charge in [0.05, 0.1) is 25.4 Å². The number of amides is 1. The van der Waals surface area contributed by atoms with Gasteiger partial charge in [0.15, 0.2) is 6.29 Å². The molecule has 0 aromatic rings. The van der Waals surface area contributed by atoms with Gasteiger partial charge in [-0.15, -0.1) is 0 Å². The van der Waals surface area contributed by atoms with Crippen molar-refractivity contribution in [3.63, 3.8) is 0 Å². The maximum Gasteiger partial charge on any atom is 0.220 e. The lowest BCUT2D eigenvalue weighted by atomic mass is 9.99. The number of unbranched alkanes of at least 4 members (excludes halogenated alkanes) is 22. The molecular formula is C54H95NO8. The van der Waals surface area contributed by atoms with Crippen LogP contribution >= 0.6 is 0 Å². The van der Waals surface area contributed by atoms with E-state index < -0.39 is 49.5 Å². The van der Waals surface area contributed by atoms with Crippen LogP contribution in [-0.2, 0) is 14.3 Å². The van der Waals surface area contributed by atoms with Crippen molar-refractivity contribution in [1.29, 1.82) is 0 Å². The van der Waals surface area contributed by atoms with Crippen LogP contribution in [0.4, 0.5) is 0 Å². The van der Waals surface area contributed by atoms with Gasteiger partial charge in [0, 0.05) is 6.42 Å². The summed E-state index contributed by atoms with van der Waals surface area (Å²) in [6.45, 7) is 3.58. The van der Waals surface area contributed by atoms with Crippen molar-refractivity contribution in [2.75, 3.05) is 13.2 Å². The summed E-state index contributed by atoms with van der Waals surface area (Å²) in [5, 5.41) is 54.1. The van der Waals surface area contributed by atoms with Gasteiger partial charge in [-0.1, -0.05) is 202 Å². The molecule has 1 amide bonds. The van der Waals surface area contributed by atoms with Crippen molar-refractivity contribution in [3.8, 4) is 0 Å². The molecule has 0 aromatic carbocycles. The van der Waals surface area contributed by atoms with Gasteiger partial charge < -0.3 is 40.3 Å². The molecule has 0 saturated carbocycles. The highest BCUT2D eigenvalue weighted by Gasteiger charge is 2.44. The zero-order valence-corrected chi connectivity index (χ0v) is 40.1. The monoisotopic (exact) mass is 886 g/mol. The highest BCUT2D eigenvalue weighted by molar-refractivity contribution is 5.76. The first-order valence-electron chi connectivity index (χ1n) is 25.7. The molecule has 0 radical (unpaired) electrons. The van der Waals surface area contributed by atoms with E-state index in [-0.39, 0.29) is 12.5 Å². The fourth-order valence-electron chi connectivity index (χ4n) is 7.69. The van der Waals surface area contributed by atoms with Crippen molar-refractivity contribution >= 4 is 5.91 Å². The number of carbonyl (C=O) groups excluding carboxylic acids is 1. The molecule has 1 aliphatic heterocycles. The number of hydrogen-bond donors (Lipinski definition) is 6. The quantitative estimate of drug-likeness (QED) is 0.0262. The van der Waals surface area contributed by atoms with Gasteiger partial charge >= 0.3 is 0 Å². The molecule has 9 nitrogen and oxygen atoms in total. The molecule has 6 N–H and O–H groups in total. The second kappa shape index (κ2) is 43.5. The molecule has 1 heterocycles. The third kappa shape index (κ3) is 33.7. The van der Waals surface area contributed by atoms with Gasteiger partial charge in [-0.05, 0) is 70.6 Å². The van der Waals surface area contributed by atoms with Crippen molar-refractivity contribution in [2.45, 2.75) is 249 Å². The zero-order valence-electron chi connectivity index (χ0n) is 40.1. The lowest BCUT2D eigenvalue weighted by Gasteiger charge is -2.40. The van der Waals surface area contributed by atoms with Crippen LogP contribution in [0.25, 0.3) is 0 Å². The largest absolute Gasteiger partial charge is 0.394 e. The minimum absolute atomic E-state index is 0.191. The normalized spacial score (nSPS) is 20.8. The molecule has 9 heteroatoms. The molecule has 63 heavy (non-hydrogen) atoms. The number of ether oxygens (including phenoxy) is 2. The van der Waals surface area contributed by atoms with Crippen LogP contribution in [0.2, 0.25) is 0 Å². The Morgan fingerprint density at radius 3 is 1.52 bits per heavy atom. The van der Waals surface area contributed by atoms with E-state index in [2.05, 4.69) is 79.9 Å². The Labute approximate surface area is 385 Å². The Morgan fingerprint density at radius 1 is 0.556 bits per heavy atom. The van der Waals surface area contributed by atoms with Crippen LogP contribution in [0, 0.1) is 0 Å². The Morgan fingerprint density at radius 2 is 1.00 bits per heavy atom. The minimum atomic E-state index is -1.57. The van der Waals surface area contributed by atoms with Crippen molar-refractivity contribution in [2.24, 2.45) is 0 Å². The first-order chi connectivity index (χ1) is 30.8. The summed E-state index contributed by atoms with van der Waals surface area (Å²) in [6, 6.07) is -0.821. The third-order valence-corrected chi connectivity index (χ3v) is 11.8. The van der Waals surface area contributed by atoms with Crippen molar-refractivity contribution < 1.29 is 39.8 Å². The minimum Gasteiger partial charge on any atom is -0.394 e. The Balaban J connectivity index is 2.12. The summed E-state index contributed by atoms with van der Waals surface area (Å²) < 4.78 is 11.2. The van der Waals surface area contributed by atoms with Crippen LogP contribution in [0.5, 0.6) is 0 Å². The lowest BCUT2D eigenvalue weighted by Crippen LogP contribution is -2.60. The third-order valence-electron chi connectivity index (χ3n) is 11.8. The maximum absolute atomic E-state index is 12.9. The first kappa shape index (κ1) is 58.6. The van der Waals surface area contributed by atoms with E-state index in [1.807, 2.05) is 6.08 Å². The number of hydrogen-bond acceptors (Lipinski definition) is 8. The van der Waals surface area contributed by atoms with E-state index in [1.54, 1.807) is 6.08 Å². The zero-order chi connectivity index (χ0) is 45.9. The Bertz CT molecular complexity index is 1210. The molecule has 7 atom stereocenters. The summed E-state index contributed by atoms with van der Waals surface area (Å²) in [5.41, 5.74) is 0. The Kier molecular flexibility index (Phi) is 40.5. The predicted molar refractivity (Wildman–Crippen MR) is 262 cm³/mol. The van der Waals surface area contributed by atoms with Crippen LogP contribution in [-0.4, -0.2) is 87.5 Å². The van der Waals surface area contributed by atoms with E-state index in [4.69, 9.17) is 9.47 Å². The van der Waals surface area contributed by atoms with Crippen LogP contribution in [0.1, 0.15) is 206 Å².